The normalized spacial score (nSPS) is 24.1. The zero-order chi connectivity index (χ0) is 16.7. The first-order valence-corrected chi connectivity index (χ1v) is 7.87. The van der Waals surface area contributed by atoms with Gasteiger partial charge in [-0.2, -0.15) is 0 Å². The van der Waals surface area contributed by atoms with E-state index in [-0.39, 0.29) is 35.9 Å². The molecule has 2 aliphatic rings. The largest absolute Gasteiger partial charge is 0.481 e. The number of carboxylic acid groups (broad SMARTS) is 1. The second kappa shape index (κ2) is 5.91. The third-order valence-electron chi connectivity index (χ3n) is 4.65. The summed E-state index contributed by atoms with van der Waals surface area (Å²) in [7, 11) is 0. The van der Waals surface area contributed by atoms with Gasteiger partial charge in [-0.05, 0) is 36.8 Å². The van der Waals surface area contributed by atoms with Gasteiger partial charge in [-0.3, -0.25) is 9.59 Å². The summed E-state index contributed by atoms with van der Waals surface area (Å²) in [6, 6.07) is 4.11. The summed E-state index contributed by atoms with van der Waals surface area (Å²) < 4.78 is 27.2. The number of carbonyl (C=O) groups is 2. The first-order chi connectivity index (χ1) is 10.9. The first kappa shape index (κ1) is 15.9. The number of nitrogens with zero attached hydrogens (tertiary/aromatic N) is 1. The minimum absolute atomic E-state index is 0.0999. The SMILES string of the molecule is C[C@H](CN(C(=O)[C@H]1C[C@H]1c1cccc(F)c1F)C1CC1)C(=O)O. The first-order valence-electron chi connectivity index (χ1n) is 7.87. The van der Waals surface area contributed by atoms with Crippen LogP contribution in [-0.2, 0) is 9.59 Å². The molecule has 1 N–H and O–H groups in total. The number of aliphatic carboxylic acids is 1. The van der Waals surface area contributed by atoms with Crippen molar-refractivity contribution in [1.29, 1.82) is 0 Å². The molecule has 0 unspecified atom stereocenters. The minimum Gasteiger partial charge on any atom is -0.481 e. The molecule has 2 fully saturated rings. The van der Waals surface area contributed by atoms with Crippen LogP contribution in [0.2, 0.25) is 0 Å². The maximum atomic E-state index is 13.8. The highest BCUT2D eigenvalue weighted by molar-refractivity contribution is 5.84. The molecule has 2 aliphatic carbocycles. The number of hydrogen-bond acceptors (Lipinski definition) is 2. The fourth-order valence-electron chi connectivity index (χ4n) is 3.01. The van der Waals surface area contributed by atoms with Gasteiger partial charge in [0, 0.05) is 18.5 Å². The molecule has 0 aromatic heterocycles. The summed E-state index contributed by atoms with van der Waals surface area (Å²) in [6.45, 7) is 1.75. The molecule has 3 atom stereocenters. The fraction of sp³-hybridized carbons (Fsp3) is 0.529. The lowest BCUT2D eigenvalue weighted by Gasteiger charge is -2.24. The number of benzene rings is 1. The van der Waals surface area contributed by atoms with Crippen LogP contribution in [0.4, 0.5) is 8.78 Å². The summed E-state index contributed by atoms with van der Waals surface area (Å²) in [5, 5.41) is 9.04. The minimum atomic E-state index is -0.938. The summed E-state index contributed by atoms with van der Waals surface area (Å²) in [5.74, 6) is -4.17. The monoisotopic (exact) mass is 323 g/mol. The highest BCUT2D eigenvalue weighted by Gasteiger charge is 2.49. The van der Waals surface area contributed by atoms with Crippen molar-refractivity contribution in [2.45, 2.75) is 38.1 Å². The molecular formula is C17H19F2NO3. The maximum Gasteiger partial charge on any atom is 0.308 e. The molecule has 6 heteroatoms. The predicted octanol–water partition coefficient (Wildman–Crippen LogP) is 2.78. The lowest BCUT2D eigenvalue weighted by molar-refractivity contribution is -0.143. The highest BCUT2D eigenvalue weighted by atomic mass is 19.2. The molecule has 0 spiro atoms. The molecule has 0 heterocycles. The van der Waals surface area contributed by atoms with E-state index in [0.717, 1.165) is 18.9 Å². The van der Waals surface area contributed by atoms with Crippen molar-refractivity contribution in [2.24, 2.45) is 11.8 Å². The van der Waals surface area contributed by atoms with Gasteiger partial charge in [0.05, 0.1) is 5.92 Å². The molecule has 4 nitrogen and oxygen atoms in total. The predicted molar refractivity (Wildman–Crippen MR) is 78.7 cm³/mol. The zero-order valence-electron chi connectivity index (χ0n) is 12.8. The Morgan fingerprint density at radius 1 is 1.35 bits per heavy atom. The Bertz CT molecular complexity index is 645. The Balaban J connectivity index is 1.70. The van der Waals surface area contributed by atoms with Crippen molar-refractivity contribution in [1.82, 2.24) is 4.90 Å². The molecule has 3 rings (SSSR count). The average Bonchev–Trinajstić information content (AvgIpc) is 3.38. The third-order valence-corrected chi connectivity index (χ3v) is 4.65. The van der Waals surface area contributed by atoms with Crippen LogP contribution in [0.1, 0.15) is 37.7 Å². The van der Waals surface area contributed by atoms with Gasteiger partial charge in [0.15, 0.2) is 11.6 Å². The second-order valence-corrected chi connectivity index (χ2v) is 6.55. The molecule has 0 saturated heterocycles. The van der Waals surface area contributed by atoms with E-state index in [0.29, 0.717) is 6.42 Å². The molecule has 124 valence electrons. The number of hydrogen-bond donors (Lipinski definition) is 1. The Labute approximate surface area is 133 Å². The molecule has 1 aromatic carbocycles. The zero-order valence-corrected chi connectivity index (χ0v) is 12.8. The molecule has 0 bridgehead atoms. The van der Waals surface area contributed by atoms with E-state index >= 15 is 0 Å². The van der Waals surface area contributed by atoms with Crippen molar-refractivity contribution >= 4 is 11.9 Å². The van der Waals surface area contributed by atoms with Gasteiger partial charge in [0.25, 0.3) is 0 Å². The Morgan fingerprint density at radius 3 is 2.65 bits per heavy atom. The summed E-state index contributed by atoms with van der Waals surface area (Å²) in [4.78, 5) is 25.3. The van der Waals surface area contributed by atoms with Gasteiger partial charge in [0.2, 0.25) is 5.91 Å². The number of carboxylic acids is 1. The van der Waals surface area contributed by atoms with E-state index in [9.17, 15) is 18.4 Å². The second-order valence-electron chi connectivity index (χ2n) is 6.55. The van der Waals surface area contributed by atoms with Crippen LogP contribution in [0.15, 0.2) is 18.2 Å². The lowest BCUT2D eigenvalue weighted by Crippen LogP contribution is -2.39. The summed E-state index contributed by atoms with van der Waals surface area (Å²) in [6.07, 6.45) is 2.25. The van der Waals surface area contributed by atoms with E-state index < -0.39 is 23.5 Å². The van der Waals surface area contributed by atoms with Crippen molar-refractivity contribution < 1.29 is 23.5 Å². The number of amides is 1. The highest BCUT2D eigenvalue weighted by Crippen LogP contribution is 2.50. The van der Waals surface area contributed by atoms with Gasteiger partial charge in [-0.15, -0.1) is 0 Å². The van der Waals surface area contributed by atoms with Gasteiger partial charge in [-0.1, -0.05) is 19.1 Å². The van der Waals surface area contributed by atoms with E-state index in [4.69, 9.17) is 5.11 Å². The molecule has 1 aromatic rings. The van der Waals surface area contributed by atoms with Gasteiger partial charge in [-0.25, -0.2) is 8.78 Å². The van der Waals surface area contributed by atoms with E-state index in [1.807, 2.05) is 0 Å². The van der Waals surface area contributed by atoms with Gasteiger partial charge < -0.3 is 10.0 Å². The van der Waals surface area contributed by atoms with Gasteiger partial charge in [0.1, 0.15) is 0 Å². The molecule has 2 saturated carbocycles. The fourth-order valence-corrected chi connectivity index (χ4v) is 3.01. The third kappa shape index (κ3) is 3.21. The van der Waals surface area contributed by atoms with E-state index in [2.05, 4.69) is 0 Å². The van der Waals surface area contributed by atoms with Crippen molar-refractivity contribution in [3.63, 3.8) is 0 Å². The molecule has 23 heavy (non-hydrogen) atoms. The molecule has 1 amide bonds. The van der Waals surface area contributed by atoms with Crippen molar-refractivity contribution in [2.75, 3.05) is 6.54 Å². The van der Waals surface area contributed by atoms with Crippen molar-refractivity contribution in [3.8, 4) is 0 Å². The number of halogens is 2. The lowest BCUT2D eigenvalue weighted by atomic mass is 10.1. The molecule has 0 aliphatic heterocycles. The average molecular weight is 323 g/mol. The van der Waals surface area contributed by atoms with E-state index in [1.165, 1.54) is 12.1 Å². The van der Waals surface area contributed by atoms with Crippen LogP contribution in [-0.4, -0.2) is 34.5 Å². The van der Waals surface area contributed by atoms with Crippen LogP contribution >= 0.6 is 0 Å². The van der Waals surface area contributed by atoms with E-state index in [1.54, 1.807) is 11.8 Å². The van der Waals surface area contributed by atoms with Crippen LogP contribution in [0.5, 0.6) is 0 Å². The Morgan fingerprint density at radius 2 is 2.04 bits per heavy atom. The molecule has 0 radical (unpaired) electrons. The quantitative estimate of drug-likeness (QED) is 0.876. The molecular weight excluding hydrogens is 304 g/mol. The number of rotatable bonds is 6. The summed E-state index contributed by atoms with van der Waals surface area (Å²) in [5.41, 5.74) is 0.241. The van der Waals surface area contributed by atoms with Crippen LogP contribution in [0, 0.1) is 23.5 Å². The Kier molecular flexibility index (Phi) is 4.08. The standard InChI is InChI=1S/C17H19F2NO3/c1-9(17(22)23)8-20(10-5-6-10)16(21)13-7-12(13)11-3-2-4-14(18)15(11)19/h2-4,9-10,12-13H,5-8H2,1H3,(H,22,23)/t9-,12+,13+/m1/s1. The van der Waals surface area contributed by atoms with Crippen molar-refractivity contribution in [3.05, 3.63) is 35.4 Å². The maximum absolute atomic E-state index is 13.8. The number of carbonyl (C=O) groups excluding carboxylic acids is 1. The summed E-state index contributed by atoms with van der Waals surface area (Å²) >= 11 is 0. The Hall–Kier alpha value is -1.98. The van der Waals surface area contributed by atoms with Gasteiger partial charge >= 0.3 is 5.97 Å². The smallest absolute Gasteiger partial charge is 0.308 e. The van der Waals surface area contributed by atoms with Crippen LogP contribution in [0.3, 0.4) is 0 Å². The topological polar surface area (TPSA) is 57.6 Å². The van der Waals surface area contributed by atoms with Crippen LogP contribution < -0.4 is 0 Å². The van der Waals surface area contributed by atoms with Crippen LogP contribution in [0.25, 0.3) is 0 Å².